The second-order valence-corrected chi connectivity index (χ2v) is 9.42. The maximum atomic E-state index is 9.34. The number of para-hydroxylation sites is 2. The summed E-state index contributed by atoms with van der Waals surface area (Å²) in [5, 5.41) is 13.4. The molecular formula is C23H29N2OS2+. The van der Waals surface area contributed by atoms with Gasteiger partial charge in [-0.25, -0.2) is 0 Å². The summed E-state index contributed by atoms with van der Waals surface area (Å²) in [5.74, 6) is 0. The van der Waals surface area contributed by atoms with Gasteiger partial charge in [0, 0.05) is 9.79 Å². The number of aliphatic hydroxyl groups is 1. The van der Waals surface area contributed by atoms with Crippen LogP contribution in [0, 0.1) is 0 Å². The number of benzene rings is 2. The zero-order chi connectivity index (χ0) is 20.0. The van der Waals surface area contributed by atoms with Gasteiger partial charge in [-0.2, -0.15) is 11.3 Å². The van der Waals surface area contributed by atoms with Crippen molar-refractivity contribution >= 4 is 34.5 Å². The van der Waals surface area contributed by atoms with Crippen LogP contribution < -0.4 is 4.90 Å². The Morgan fingerprint density at radius 2 is 1.43 bits per heavy atom. The van der Waals surface area contributed by atoms with E-state index in [1.165, 1.54) is 21.2 Å². The Kier molecular flexibility index (Phi) is 7.18. The van der Waals surface area contributed by atoms with Crippen molar-refractivity contribution in [3.63, 3.8) is 0 Å². The molecule has 3 aromatic rings. The van der Waals surface area contributed by atoms with E-state index < -0.39 is 0 Å². The Balaban J connectivity index is 0.000000391. The minimum atomic E-state index is 0.223. The summed E-state index contributed by atoms with van der Waals surface area (Å²) in [6.07, 6.45) is 0. The van der Waals surface area contributed by atoms with Crippen molar-refractivity contribution in [1.29, 1.82) is 0 Å². The molecule has 0 amide bonds. The molecule has 4 rings (SSSR count). The van der Waals surface area contributed by atoms with Crippen LogP contribution in [0.1, 0.15) is 6.92 Å². The highest BCUT2D eigenvalue weighted by Crippen LogP contribution is 2.47. The topological polar surface area (TPSA) is 23.5 Å². The molecule has 3 nitrogen and oxygen atoms in total. The van der Waals surface area contributed by atoms with Gasteiger partial charge in [0.25, 0.3) is 0 Å². The number of hydrogen-bond acceptors (Lipinski definition) is 4. The van der Waals surface area contributed by atoms with Gasteiger partial charge in [0.1, 0.15) is 12.6 Å². The van der Waals surface area contributed by atoms with Gasteiger partial charge in [-0.05, 0) is 41.9 Å². The third kappa shape index (κ3) is 4.97. The van der Waals surface area contributed by atoms with Crippen LogP contribution in [-0.2, 0) is 0 Å². The van der Waals surface area contributed by atoms with Crippen molar-refractivity contribution < 1.29 is 9.59 Å². The molecule has 5 heteroatoms. The van der Waals surface area contributed by atoms with E-state index in [0.29, 0.717) is 6.04 Å². The van der Waals surface area contributed by atoms with Crippen LogP contribution in [-0.4, -0.2) is 49.4 Å². The first-order valence-electron chi connectivity index (χ1n) is 9.57. The van der Waals surface area contributed by atoms with E-state index in [0.717, 1.165) is 17.6 Å². The second-order valence-electron chi connectivity index (χ2n) is 7.52. The Morgan fingerprint density at radius 1 is 0.893 bits per heavy atom. The summed E-state index contributed by atoms with van der Waals surface area (Å²) < 4.78 is 0.810. The average Bonchev–Trinajstić information content (AvgIpc) is 3.28. The first-order chi connectivity index (χ1) is 13.5. The SMILES string of the molecule is CC(CN1c2ccccc2Sc2ccccc21)[N+](C)(C)CCO.c1ccsc1. The lowest BCUT2D eigenvalue weighted by molar-refractivity contribution is -0.911. The Morgan fingerprint density at radius 3 is 1.89 bits per heavy atom. The van der Waals surface area contributed by atoms with Crippen LogP contribution in [0.2, 0.25) is 0 Å². The third-order valence-electron chi connectivity index (χ3n) is 5.27. The molecule has 1 aliphatic heterocycles. The summed E-state index contributed by atoms with van der Waals surface area (Å²) in [4.78, 5) is 5.06. The van der Waals surface area contributed by atoms with Gasteiger partial charge in [0.15, 0.2) is 0 Å². The monoisotopic (exact) mass is 413 g/mol. The van der Waals surface area contributed by atoms with Crippen molar-refractivity contribution in [3.8, 4) is 0 Å². The van der Waals surface area contributed by atoms with Gasteiger partial charge >= 0.3 is 0 Å². The number of anilines is 2. The minimum Gasteiger partial charge on any atom is -0.391 e. The molecule has 2 heterocycles. The van der Waals surface area contributed by atoms with Crippen LogP contribution in [0.4, 0.5) is 11.4 Å². The zero-order valence-electron chi connectivity index (χ0n) is 16.8. The quantitative estimate of drug-likeness (QED) is 0.559. The summed E-state index contributed by atoms with van der Waals surface area (Å²) in [6, 6.07) is 21.7. The fourth-order valence-electron chi connectivity index (χ4n) is 3.17. The smallest absolute Gasteiger partial charge is 0.104 e. The molecule has 1 atom stereocenters. The molecule has 0 spiro atoms. The molecule has 1 aromatic heterocycles. The Bertz CT molecular complexity index is 802. The van der Waals surface area contributed by atoms with E-state index in [4.69, 9.17) is 0 Å². The van der Waals surface area contributed by atoms with Crippen LogP contribution >= 0.6 is 23.1 Å². The normalized spacial score (nSPS) is 13.8. The molecular weight excluding hydrogens is 384 g/mol. The van der Waals surface area contributed by atoms with Crippen LogP contribution in [0.15, 0.2) is 81.2 Å². The van der Waals surface area contributed by atoms with E-state index in [1.54, 1.807) is 11.3 Å². The first-order valence-corrected chi connectivity index (χ1v) is 11.3. The Hall–Kier alpha value is -1.79. The van der Waals surface area contributed by atoms with Gasteiger partial charge in [-0.15, -0.1) is 0 Å². The minimum absolute atomic E-state index is 0.223. The number of thiophene rings is 1. The van der Waals surface area contributed by atoms with E-state index in [9.17, 15) is 5.11 Å². The number of rotatable bonds is 5. The highest BCUT2D eigenvalue weighted by atomic mass is 32.2. The van der Waals surface area contributed by atoms with Crippen LogP contribution in [0.3, 0.4) is 0 Å². The number of aliphatic hydroxyl groups excluding tert-OH is 1. The maximum Gasteiger partial charge on any atom is 0.104 e. The largest absolute Gasteiger partial charge is 0.391 e. The molecule has 2 aromatic carbocycles. The van der Waals surface area contributed by atoms with Gasteiger partial charge < -0.3 is 14.5 Å². The van der Waals surface area contributed by atoms with E-state index in [2.05, 4.69) is 74.4 Å². The summed E-state index contributed by atoms with van der Waals surface area (Å²) in [6.45, 7) is 4.19. The van der Waals surface area contributed by atoms with Gasteiger partial charge in [-0.1, -0.05) is 48.2 Å². The van der Waals surface area contributed by atoms with Crippen molar-refractivity contribution in [2.24, 2.45) is 0 Å². The van der Waals surface area contributed by atoms with Crippen LogP contribution in [0.25, 0.3) is 0 Å². The van der Waals surface area contributed by atoms with E-state index >= 15 is 0 Å². The highest BCUT2D eigenvalue weighted by Gasteiger charge is 2.30. The maximum absolute atomic E-state index is 9.34. The van der Waals surface area contributed by atoms with E-state index in [1.807, 2.05) is 34.7 Å². The molecule has 0 saturated carbocycles. The number of fused-ring (bicyclic) bond motifs is 2. The summed E-state index contributed by atoms with van der Waals surface area (Å²) >= 11 is 3.56. The molecule has 1 N–H and O–H groups in total. The van der Waals surface area contributed by atoms with Crippen LogP contribution in [0.5, 0.6) is 0 Å². The van der Waals surface area contributed by atoms with Gasteiger partial charge in [-0.3, -0.25) is 0 Å². The predicted molar refractivity (Wildman–Crippen MR) is 122 cm³/mol. The molecule has 1 unspecified atom stereocenters. The van der Waals surface area contributed by atoms with Crippen molar-refractivity contribution in [2.45, 2.75) is 22.8 Å². The molecule has 0 saturated heterocycles. The molecule has 0 radical (unpaired) electrons. The lowest BCUT2D eigenvalue weighted by Crippen LogP contribution is -2.53. The highest BCUT2D eigenvalue weighted by molar-refractivity contribution is 7.99. The third-order valence-corrected chi connectivity index (χ3v) is 7.03. The number of likely N-dealkylation sites (N-methyl/N-ethyl adjacent to an activating group) is 1. The molecule has 28 heavy (non-hydrogen) atoms. The molecule has 1 aliphatic rings. The number of nitrogens with zero attached hydrogens (tertiary/aromatic N) is 2. The van der Waals surface area contributed by atoms with Crippen molar-refractivity contribution in [1.82, 2.24) is 0 Å². The number of hydrogen-bond donors (Lipinski definition) is 1. The zero-order valence-corrected chi connectivity index (χ0v) is 18.4. The molecule has 0 bridgehead atoms. The standard InChI is InChI=1S/C19H25N2OS.C4H4S/c1-15(21(2,3)12-13-22)14-20-16-8-4-6-10-18(16)23-19-11-7-5-9-17(19)20;1-2-4-5-3-1/h4-11,15,22H,12-14H2,1-3H3;1-4H/q+1;. The lowest BCUT2D eigenvalue weighted by atomic mass is 10.1. The fourth-order valence-corrected chi connectivity index (χ4v) is 4.72. The molecule has 0 fully saturated rings. The fraction of sp³-hybridized carbons (Fsp3) is 0.304. The average molecular weight is 414 g/mol. The molecule has 148 valence electrons. The summed E-state index contributed by atoms with van der Waals surface area (Å²) in [5.41, 5.74) is 2.57. The Labute approximate surface area is 176 Å². The lowest BCUT2D eigenvalue weighted by Gasteiger charge is -2.40. The first kappa shape index (κ1) is 20.9. The van der Waals surface area contributed by atoms with Crippen molar-refractivity contribution in [3.05, 3.63) is 71.4 Å². The van der Waals surface area contributed by atoms with Gasteiger partial charge in [0.05, 0.1) is 38.6 Å². The van der Waals surface area contributed by atoms with Crippen molar-refractivity contribution in [2.75, 3.05) is 38.7 Å². The second kappa shape index (κ2) is 9.61. The predicted octanol–water partition coefficient (Wildman–Crippen LogP) is 5.49. The van der Waals surface area contributed by atoms with Gasteiger partial charge in [0.2, 0.25) is 0 Å². The number of quaternary nitrogens is 1. The molecule has 0 aliphatic carbocycles. The van der Waals surface area contributed by atoms with E-state index in [-0.39, 0.29) is 6.61 Å². The summed E-state index contributed by atoms with van der Waals surface area (Å²) in [7, 11) is 4.38.